The lowest BCUT2D eigenvalue weighted by Crippen LogP contribution is -2.32. The zero-order valence-corrected chi connectivity index (χ0v) is 18.6. The van der Waals surface area contributed by atoms with Gasteiger partial charge in [0.05, 0.1) is 17.0 Å². The monoisotopic (exact) mass is 489 g/mol. The maximum atomic E-state index is 15.0. The van der Waals surface area contributed by atoms with Gasteiger partial charge in [0.2, 0.25) is 0 Å². The lowest BCUT2D eigenvalue weighted by molar-refractivity contribution is -0.189. The average molecular weight is 490 g/mol. The van der Waals surface area contributed by atoms with E-state index < -0.39 is 41.4 Å². The quantitative estimate of drug-likeness (QED) is 0.441. The van der Waals surface area contributed by atoms with Crippen molar-refractivity contribution in [3.05, 3.63) is 46.4 Å². The van der Waals surface area contributed by atoms with Crippen molar-refractivity contribution in [1.29, 1.82) is 0 Å². The molecule has 3 aromatic rings. The maximum Gasteiger partial charge on any atom is 0.425 e. The summed E-state index contributed by atoms with van der Waals surface area (Å²) in [5.74, 6) is -2.20. The standard InChI is InChI=1S/C20H20ClF4N5O3/c1-8-16(17(21)29-28-8)27-19(32)12-5-13(22)11(6-15(12)33-10(3)20(23,24)25)14-7-30(4)18(26-14)9(2)31/h5-7,9-10,31H,1-4H3,(H,27,32)(H,28,29)/t9?,10-/m0/s1. The SMILES string of the molecule is Cc1n[nH]c(Cl)c1NC(=O)c1cc(F)c(-c2cn(C)c(C(C)O)n2)cc1O[C@@H](C)C(F)(F)F. The van der Waals surface area contributed by atoms with Gasteiger partial charge in [-0.25, -0.2) is 9.37 Å². The van der Waals surface area contributed by atoms with Crippen molar-refractivity contribution in [3.63, 3.8) is 0 Å². The maximum absolute atomic E-state index is 15.0. The van der Waals surface area contributed by atoms with Gasteiger partial charge in [0, 0.05) is 18.8 Å². The van der Waals surface area contributed by atoms with Gasteiger partial charge in [0.15, 0.2) is 6.10 Å². The van der Waals surface area contributed by atoms with E-state index in [-0.39, 0.29) is 27.9 Å². The Balaban J connectivity index is 2.09. The molecule has 0 aliphatic carbocycles. The Morgan fingerprint density at radius 2 is 2.00 bits per heavy atom. The number of anilines is 1. The molecule has 1 amide bonds. The van der Waals surface area contributed by atoms with Gasteiger partial charge in [0.25, 0.3) is 5.91 Å². The Bertz CT molecular complexity index is 1170. The molecule has 0 saturated heterocycles. The number of H-pyrrole nitrogens is 1. The van der Waals surface area contributed by atoms with Gasteiger partial charge in [0.1, 0.15) is 34.3 Å². The molecule has 2 heterocycles. The van der Waals surface area contributed by atoms with Gasteiger partial charge in [-0.2, -0.15) is 18.3 Å². The third-order valence-corrected chi connectivity index (χ3v) is 5.06. The summed E-state index contributed by atoms with van der Waals surface area (Å²) < 4.78 is 60.9. The highest BCUT2D eigenvalue weighted by atomic mass is 35.5. The Kier molecular flexibility index (Phi) is 6.70. The van der Waals surface area contributed by atoms with Crippen molar-refractivity contribution in [3.8, 4) is 17.0 Å². The number of aliphatic hydroxyl groups is 1. The highest BCUT2D eigenvalue weighted by Crippen LogP contribution is 2.34. The number of hydrogen-bond donors (Lipinski definition) is 3. The number of rotatable bonds is 6. The number of aromatic amines is 1. The van der Waals surface area contributed by atoms with Crippen molar-refractivity contribution >= 4 is 23.2 Å². The number of amides is 1. The third kappa shape index (κ3) is 5.11. The van der Waals surface area contributed by atoms with E-state index in [9.17, 15) is 23.1 Å². The molecule has 3 N–H and O–H groups in total. The second-order valence-electron chi connectivity index (χ2n) is 7.35. The average Bonchev–Trinajstić information content (AvgIpc) is 3.25. The Morgan fingerprint density at radius 3 is 2.52 bits per heavy atom. The molecular weight excluding hydrogens is 470 g/mol. The number of halogens is 5. The first-order valence-electron chi connectivity index (χ1n) is 9.60. The molecule has 0 radical (unpaired) electrons. The molecule has 0 spiro atoms. The Morgan fingerprint density at radius 1 is 1.33 bits per heavy atom. The topological polar surface area (TPSA) is 105 Å². The number of aromatic nitrogens is 4. The molecule has 0 aliphatic heterocycles. The molecule has 0 bridgehead atoms. The molecule has 1 aromatic carbocycles. The van der Waals surface area contributed by atoms with E-state index in [1.165, 1.54) is 24.6 Å². The fourth-order valence-corrected chi connectivity index (χ4v) is 3.24. The fraction of sp³-hybridized carbons (Fsp3) is 0.350. The molecular formula is C20H20ClF4N5O3. The van der Waals surface area contributed by atoms with Crippen LogP contribution in [0, 0.1) is 12.7 Å². The first kappa shape index (κ1) is 24.5. The number of benzene rings is 1. The van der Waals surface area contributed by atoms with Crippen molar-refractivity contribution in [2.24, 2.45) is 7.05 Å². The minimum Gasteiger partial charge on any atom is -0.480 e. The molecule has 33 heavy (non-hydrogen) atoms. The van der Waals surface area contributed by atoms with Gasteiger partial charge < -0.3 is 19.7 Å². The van der Waals surface area contributed by atoms with Crippen LogP contribution in [0.15, 0.2) is 18.3 Å². The van der Waals surface area contributed by atoms with Crippen LogP contribution in [-0.2, 0) is 7.05 Å². The lowest BCUT2D eigenvalue weighted by atomic mass is 10.1. The summed E-state index contributed by atoms with van der Waals surface area (Å²) in [6.45, 7) is 3.75. The van der Waals surface area contributed by atoms with E-state index >= 15 is 4.39 Å². The molecule has 2 atom stereocenters. The largest absolute Gasteiger partial charge is 0.480 e. The zero-order chi connectivity index (χ0) is 24.7. The first-order valence-corrected chi connectivity index (χ1v) is 9.97. The smallest absolute Gasteiger partial charge is 0.425 e. The molecule has 0 fully saturated rings. The van der Waals surface area contributed by atoms with Gasteiger partial charge in [-0.15, -0.1) is 0 Å². The highest BCUT2D eigenvalue weighted by molar-refractivity contribution is 6.33. The van der Waals surface area contributed by atoms with Gasteiger partial charge in [-0.05, 0) is 32.9 Å². The number of hydrogen-bond acceptors (Lipinski definition) is 5. The van der Waals surface area contributed by atoms with Gasteiger partial charge in [-0.3, -0.25) is 9.89 Å². The van der Waals surface area contributed by atoms with E-state index in [0.717, 1.165) is 19.1 Å². The number of nitrogens with one attached hydrogen (secondary N) is 2. The number of imidazole rings is 1. The van der Waals surface area contributed by atoms with E-state index in [0.29, 0.717) is 5.69 Å². The summed E-state index contributed by atoms with van der Waals surface area (Å²) in [5.41, 5.74) is -0.259. The summed E-state index contributed by atoms with van der Waals surface area (Å²) >= 11 is 5.92. The molecule has 0 saturated carbocycles. The second kappa shape index (κ2) is 9.02. The van der Waals surface area contributed by atoms with E-state index in [1.54, 1.807) is 7.05 Å². The third-order valence-electron chi connectivity index (χ3n) is 4.78. The van der Waals surface area contributed by atoms with Gasteiger partial charge in [-0.1, -0.05) is 11.6 Å². The van der Waals surface area contributed by atoms with Crippen LogP contribution in [-0.4, -0.2) is 43.0 Å². The minimum atomic E-state index is -4.74. The second-order valence-corrected chi connectivity index (χ2v) is 7.73. The van der Waals surface area contributed by atoms with Crippen molar-refractivity contribution in [2.75, 3.05) is 5.32 Å². The summed E-state index contributed by atoms with van der Waals surface area (Å²) in [6.07, 6.45) is -6.61. The van der Waals surface area contributed by atoms with Crippen LogP contribution in [0.5, 0.6) is 5.75 Å². The minimum absolute atomic E-state index is 0.0109. The zero-order valence-electron chi connectivity index (χ0n) is 17.9. The number of aliphatic hydroxyl groups excluding tert-OH is 1. The number of alkyl halides is 3. The van der Waals surface area contributed by atoms with E-state index in [2.05, 4.69) is 20.5 Å². The number of ether oxygens (including phenoxy) is 1. The van der Waals surface area contributed by atoms with Gasteiger partial charge >= 0.3 is 6.18 Å². The molecule has 0 aliphatic rings. The summed E-state index contributed by atoms with van der Waals surface area (Å²) in [6, 6.07) is 1.72. The first-order chi connectivity index (χ1) is 15.3. The van der Waals surface area contributed by atoms with Crippen molar-refractivity contribution in [1.82, 2.24) is 19.7 Å². The molecule has 2 aromatic heterocycles. The normalized spacial score (nSPS) is 13.6. The molecule has 3 rings (SSSR count). The van der Waals surface area contributed by atoms with Crippen LogP contribution in [0.2, 0.25) is 5.15 Å². The van der Waals surface area contributed by atoms with Crippen molar-refractivity contribution < 1.29 is 32.2 Å². The highest BCUT2D eigenvalue weighted by Gasteiger charge is 2.39. The predicted octanol–water partition coefficient (Wildman–Crippen LogP) is 4.55. The summed E-state index contributed by atoms with van der Waals surface area (Å²) in [4.78, 5) is 17.0. The van der Waals surface area contributed by atoms with Crippen LogP contribution >= 0.6 is 11.6 Å². The molecule has 13 heteroatoms. The number of carbonyl (C=O) groups excluding carboxylic acids is 1. The predicted molar refractivity (Wildman–Crippen MR) is 112 cm³/mol. The lowest BCUT2D eigenvalue weighted by Gasteiger charge is -2.20. The van der Waals surface area contributed by atoms with Crippen LogP contribution in [0.3, 0.4) is 0 Å². The van der Waals surface area contributed by atoms with E-state index in [4.69, 9.17) is 16.3 Å². The number of carbonyl (C=O) groups is 1. The Hall–Kier alpha value is -3.12. The number of nitrogens with zero attached hydrogens (tertiary/aromatic N) is 3. The van der Waals surface area contributed by atoms with Crippen LogP contribution in [0.1, 0.15) is 41.8 Å². The molecule has 178 valence electrons. The van der Waals surface area contributed by atoms with Crippen LogP contribution < -0.4 is 10.1 Å². The summed E-state index contributed by atoms with van der Waals surface area (Å²) in [5, 5.41) is 18.4. The summed E-state index contributed by atoms with van der Waals surface area (Å²) in [7, 11) is 1.57. The molecule has 1 unspecified atom stereocenters. The van der Waals surface area contributed by atoms with Crippen LogP contribution in [0.4, 0.5) is 23.2 Å². The van der Waals surface area contributed by atoms with Crippen molar-refractivity contribution in [2.45, 2.75) is 39.2 Å². The fourth-order valence-electron chi connectivity index (χ4n) is 3.01. The Labute approximate surface area is 190 Å². The molecule has 8 nitrogen and oxygen atoms in total. The van der Waals surface area contributed by atoms with Crippen LogP contribution in [0.25, 0.3) is 11.3 Å². The number of aryl methyl sites for hydroxylation is 2. The van der Waals surface area contributed by atoms with E-state index in [1.807, 2.05) is 0 Å².